The first-order valence-electron chi connectivity index (χ1n) is 6.03. The molecule has 3 nitrogen and oxygen atoms in total. The Morgan fingerprint density at radius 3 is 2.29 bits per heavy atom. The highest BCUT2D eigenvalue weighted by atomic mass is 79.9. The van der Waals surface area contributed by atoms with Crippen molar-refractivity contribution in [3.63, 3.8) is 0 Å². The van der Waals surface area contributed by atoms with Gasteiger partial charge in [0.05, 0.1) is 14.2 Å². The lowest BCUT2D eigenvalue weighted by molar-refractivity contribution is 0.214. The molecule has 21 heavy (non-hydrogen) atoms. The van der Waals surface area contributed by atoms with Gasteiger partial charge >= 0.3 is 0 Å². The third kappa shape index (κ3) is 3.29. The van der Waals surface area contributed by atoms with Crippen LogP contribution in [0.2, 0.25) is 10.0 Å². The summed E-state index contributed by atoms with van der Waals surface area (Å²) in [5.41, 5.74) is 1.13. The Balaban J connectivity index is 2.52. The highest BCUT2D eigenvalue weighted by molar-refractivity contribution is 9.10. The van der Waals surface area contributed by atoms with Crippen LogP contribution in [0.1, 0.15) is 17.2 Å². The van der Waals surface area contributed by atoms with Crippen molar-refractivity contribution in [3.8, 4) is 11.5 Å². The van der Waals surface area contributed by atoms with Crippen molar-refractivity contribution in [2.24, 2.45) is 0 Å². The molecule has 0 heterocycles. The summed E-state index contributed by atoms with van der Waals surface area (Å²) < 4.78 is 11.2. The summed E-state index contributed by atoms with van der Waals surface area (Å²) in [6, 6.07) is 8.43. The van der Waals surface area contributed by atoms with Gasteiger partial charge in [0.2, 0.25) is 0 Å². The van der Waals surface area contributed by atoms with Gasteiger partial charge in [-0.25, -0.2) is 0 Å². The predicted octanol–water partition coefficient (Wildman–Crippen LogP) is 4.85. The van der Waals surface area contributed by atoms with E-state index in [4.69, 9.17) is 32.7 Å². The van der Waals surface area contributed by atoms with Crippen LogP contribution in [0.5, 0.6) is 11.5 Å². The minimum absolute atomic E-state index is 0.393. The van der Waals surface area contributed by atoms with Crippen LogP contribution < -0.4 is 9.47 Å². The smallest absolute Gasteiger partial charge is 0.142 e. The van der Waals surface area contributed by atoms with Crippen molar-refractivity contribution in [1.29, 1.82) is 0 Å². The fourth-order valence-electron chi connectivity index (χ4n) is 2.02. The molecule has 2 aromatic carbocycles. The van der Waals surface area contributed by atoms with Crippen LogP contribution in [-0.2, 0) is 0 Å². The molecule has 112 valence electrons. The van der Waals surface area contributed by atoms with Gasteiger partial charge in [-0.05, 0) is 40.2 Å². The highest BCUT2D eigenvalue weighted by Gasteiger charge is 2.21. The van der Waals surface area contributed by atoms with E-state index in [1.54, 1.807) is 37.4 Å². The molecular weight excluding hydrogens is 379 g/mol. The number of aliphatic hydroxyl groups excluding tert-OH is 1. The van der Waals surface area contributed by atoms with E-state index in [0.717, 1.165) is 0 Å². The lowest BCUT2D eigenvalue weighted by Crippen LogP contribution is -2.04. The Morgan fingerprint density at radius 2 is 1.71 bits per heavy atom. The number of hydrogen-bond donors (Lipinski definition) is 1. The average molecular weight is 392 g/mol. The number of benzene rings is 2. The minimum atomic E-state index is -0.938. The molecule has 0 aliphatic carbocycles. The van der Waals surface area contributed by atoms with Gasteiger partial charge in [0.1, 0.15) is 22.1 Å². The SMILES string of the molecule is COc1ccc(C(O)c2ccc(Cl)cc2Cl)c(OC)c1Br. The maximum absolute atomic E-state index is 10.6. The quantitative estimate of drug-likeness (QED) is 0.809. The normalized spacial score (nSPS) is 12.1. The van der Waals surface area contributed by atoms with Crippen LogP contribution in [0.4, 0.5) is 0 Å². The molecule has 1 N–H and O–H groups in total. The molecule has 0 bridgehead atoms. The van der Waals surface area contributed by atoms with Gasteiger partial charge in [-0.2, -0.15) is 0 Å². The van der Waals surface area contributed by atoms with Gasteiger partial charge in [0.15, 0.2) is 0 Å². The molecule has 0 fully saturated rings. The summed E-state index contributed by atoms with van der Waals surface area (Å²) in [6.07, 6.45) is -0.938. The van der Waals surface area contributed by atoms with E-state index < -0.39 is 6.10 Å². The first-order valence-corrected chi connectivity index (χ1v) is 7.57. The molecule has 0 aromatic heterocycles. The first kappa shape index (κ1) is 16.4. The molecule has 0 saturated heterocycles. The molecule has 0 saturated carbocycles. The van der Waals surface area contributed by atoms with Gasteiger partial charge in [-0.3, -0.25) is 0 Å². The van der Waals surface area contributed by atoms with E-state index in [1.807, 2.05) is 0 Å². The molecule has 6 heteroatoms. The molecule has 0 aliphatic heterocycles. The van der Waals surface area contributed by atoms with Gasteiger partial charge in [0, 0.05) is 21.2 Å². The van der Waals surface area contributed by atoms with E-state index in [2.05, 4.69) is 15.9 Å². The predicted molar refractivity (Wildman–Crippen MR) is 87.8 cm³/mol. The molecule has 0 aliphatic rings. The van der Waals surface area contributed by atoms with Crippen molar-refractivity contribution in [2.75, 3.05) is 14.2 Å². The molecule has 0 amide bonds. The Hall–Kier alpha value is -0.940. The number of methoxy groups -OCH3 is 2. The first-order chi connectivity index (χ1) is 9.99. The summed E-state index contributed by atoms with van der Waals surface area (Å²) >= 11 is 15.4. The molecule has 2 rings (SSSR count). The third-order valence-electron chi connectivity index (χ3n) is 3.07. The van der Waals surface area contributed by atoms with Gasteiger partial charge in [-0.15, -0.1) is 0 Å². The van der Waals surface area contributed by atoms with Crippen molar-refractivity contribution in [2.45, 2.75) is 6.10 Å². The molecular formula is C15H13BrCl2O3. The van der Waals surface area contributed by atoms with Crippen LogP contribution in [0, 0.1) is 0 Å². The van der Waals surface area contributed by atoms with E-state index in [0.29, 0.717) is 37.1 Å². The molecule has 1 unspecified atom stereocenters. The summed E-state index contributed by atoms with van der Waals surface area (Å²) in [6.45, 7) is 0. The maximum Gasteiger partial charge on any atom is 0.142 e. The number of ether oxygens (including phenoxy) is 2. The monoisotopic (exact) mass is 390 g/mol. The average Bonchev–Trinajstić information content (AvgIpc) is 2.46. The Bertz CT molecular complexity index is 662. The molecule has 1 atom stereocenters. The number of halogens is 3. The third-order valence-corrected chi connectivity index (χ3v) is 4.38. The molecule has 0 spiro atoms. The number of hydrogen-bond acceptors (Lipinski definition) is 3. The van der Waals surface area contributed by atoms with E-state index in [9.17, 15) is 5.11 Å². The lowest BCUT2D eigenvalue weighted by atomic mass is 10.0. The van der Waals surface area contributed by atoms with Crippen LogP contribution in [0.25, 0.3) is 0 Å². The molecule has 0 radical (unpaired) electrons. The van der Waals surface area contributed by atoms with E-state index >= 15 is 0 Å². The summed E-state index contributed by atoms with van der Waals surface area (Å²) in [5.74, 6) is 1.11. The van der Waals surface area contributed by atoms with Crippen LogP contribution in [0.3, 0.4) is 0 Å². The van der Waals surface area contributed by atoms with Gasteiger partial charge < -0.3 is 14.6 Å². The fraction of sp³-hybridized carbons (Fsp3) is 0.200. The van der Waals surface area contributed by atoms with Crippen LogP contribution in [-0.4, -0.2) is 19.3 Å². The second-order valence-electron chi connectivity index (χ2n) is 4.27. The van der Waals surface area contributed by atoms with Gasteiger partial charge in [0.25, 0.3) is 0 Å². The minimum Gasteiger partial charge on any atom is -0.495 e. The second-order valence-corrected chi connectivity index (χ2v) is 5.91. The van der Waals surface area contributed by atoms with E-state index in [-0.39, 0.29) is 0 Å². The number of rotatable bonds is 4. The second kappa shape index (κ2) is 6.88. The topological polar surface area (TPSA) is 38.7 Å². The largest absolute Gasteiger partial charge is 0.495 e. The summed E-state index contributed by atoms with van der Waals surface area (Å²) in [5, 5.41) is 11.5. The van der Waals surface area contributed by atoms with Crippen molar-refractivity contribution < 1.29 is 14.6 Å². The fourth-order valence-corrected chi connectivity index (χ4v) is 3.22. The summed E-state index contributed by atoms with van der Waals surface area (Å²) in [4.78, 5) is 0. The Labute approximate surface area is 141 Å². The van der Waals surface area contributed by atoms with Crippen LogP contribution >= 0.6 is 39.1 Å². The Morgan fingerprint density at radius 1 is 1.05 bits per heavy atom. The molecule has 2 aromatic rings. The van der Waals surface area contributed by atoms with Crippen molar-refractivity contribution in [1.82, 2.24) is 0 Å². The maximum atomic E-state index is 10.6. The van der Waals surface area contributed by atoms with Crippen molar-refractivity contribution >= 4 is 39.1 Å². The highest BCUT2D eigenvalue weighted by Crippen LogP contribution is 2.42. The zero-order chi connectivity index (χ0) is 15.6. The lowest BCUT2D eigenvalue weighted by Gasteiger charge is -2.19. The summed E-state index contributed by atoms with van der Waals surface area (Å²) in [7, 11) is 3.09. The Kier molecular flexibility index (Phi) is 5.38. The zero-order valence-corrected chi connectivity index (χ0v) is 14.5. The standard InChI is InChI=1S/C15H13BrCl2O3/c1-20-12-6-5-10(15(21-2)13(12)16)14(19)9-4-3-8(17)7-11(9)18/h3-7,14,19H,1-2H3. The van der Waals surface area contributed by atoms with Gasteiger partial charge in [-0.1, -0.05) is 29.3 Å². The van der Waals surface area contributed by atoms with Crippen molar-refractivity contribution in [3.05, 3.63) is 56.0 Å². The number of aliphatic hydroxyl groups is 1. The van der Waals surface area contributed by atoms with E-state index in [1.165, 1.54) is 7.11 Å². The zero-order valence-electron chi connectivity index (χ0n) is 11.4. The van der Waals surface area contributed by atoms with Crippen LogP contribution in [0.15, 0.2) is 34.8 Å².